The molecule has 0 spiro atoms. The summed E-state index contributed by atoms with van der Waals surface area (Å²) in [6, 6.07) is 11.3. The van der Waals surface area contributed by atoms with E-state index in [0.717, 1.165) is 12.0 Å². The Balaban J connectivity index is 2.26. The van der Waals surface area contributed by atoms with Gasteiger partial charge in [0.25, 0.3) is 0 Å². The highest BCUT2D eigenvalue weighted by Gasteiger charge is 2.16. The second-order valence-electron chi connectivity index (χ2n) is 4.55. The Morgan fingerprint density at radius 1 is 1.29 bits per heavy atom. The molecule has 0 radical (unpaired) electrons. The highest BCUT2D eigenvalue weighted by Crippen LogP contribution is 2.34. The second kappa shape index (κ2) is 6.56. The molecule has 2 aromatic rings. The maximum Gasteiger partial charge on any atom is 0.311 e. The van der Waals surface area contributed by atoms with Crippen LogP contribution in [0.5, 0.6) is 11.5 Å². The van der Waals surface area contributed by atoms with Crippen LogP contribution in [0, 0.1) is 10.1 Å². The van der Waals surface area contributed by atoms with E-state index in [1.165, 1.54) is 18.2 Å². The number of hydrogen-bond acceptors (Lipinski definition) is 4. The van der Waals surface area contributed by atoms with Crippen molar-refractivity contribution >= 4 is 17.3 Å². The lowest BCUT2D eigenvalue weighted by Gasteiger charge is -2.11. The number of nitro benzene ring substituents is 1. The van der Waals surface area contributed by atoms with Gasteiger partial charge >= 0.3 is 5.69 Å². The third-order valence-corrected chi connectivity index (χ3v) is 3.33. The van der Waals surface area contributed by atoms with Crippen LogP contribution in [0.4, 0.5) is 5.69 Å². The van der Waals surface area contributed by atoms with Gasteiger partial charge in [0.15, 0.2) is 0 Å². The molecule has 0 aliphatic carbocycles. The molecule has 0 saturated carbocycles. The van der Waals surface area contributed by atoms with Gasteiger partial charge in [-0.15, -0.1) is 0 Å². The monoisotopic (exact) mass is 306 g/mol. The van der Waals surface area contributed by atoms with E-state index in [0.29, 0.717) is 10.8 Å². The topological polar surface area (TPSA) is 78.4 Å². The molecule has 0 bridgehead atoms. The van der Waals surface area contributed by atoms with Gasteiger partial charge < -0.3 is 10.5 Å². The predicted octanol–water partition coefficient (Wildman–Crippen LogP) is 4.45. The quantitative estimate of drug-likeness (QED) is 0.654. The Morgan fingerprint density at radius 3 is 2.52 bits per heavy atom. The number of halogens is 1. The van der Waals surface area contributed by atoms with Gasteiger partial charge in [-0.05, 0) is 30.2 Å². The average Bonchev–Trinajstić information content (AvgIpc) is 2.47. The summed E-state index contributed by atoms with van der Waals surface area (Å²) in [5, 5.41) is 11.3. The van der Waals surface area contributed by atoms with Gasteiger partial charge in [0.1, 0.15) is 5.75 Å². The van der Waals surface area contributed by atoms with Crippen molar-refractivity contribution in [1.82, 2.24) is 0 Å². The lowest BCUT2D eigenvalue weighted by molar-refractivity contribution is -0.385. The van der Waals surface area contributed by atoms with Crippen LogP contribution < -0.4 is 10.5 Å². The van der Waals surface area contributed by atoms with Gasteiger partial charge in [0.2, 0.25) is 5.75 Å². The predicted molar refractivity (Wildman–Crippen MR) is 81.8 cm³/mol. The van der Waals surface area contributed by atoms with Gasteiger partial charge in [-0.25, -0.2) is 0 Å². The minimum atomic E-state index is -0.507. The zero-order valence-corrected chi connectivity index (χ0v) is 12.2. The fourth-order valence-corrected chi connectivity index (χ4v) is 2.03. The maximum atomic E-state index is 11.0. The molecule has 0 aromatic heterocycles. The minimum Gasteiger partial charge on any atom is -0.450 e. The Labute approximate surface area is 127 Å². The van der Waals surface area contributed by atoms with Crippen LogP contribution in [0.1, 0.15) is 24.9 Å². The van der Waals surface area contributed by atoms with E-state index in [1.54, 1.807) is 12.1 Å². The molecule has 0 saturated heterocycles. The van der Waals surface area contributed by atoms with Crippen LogP contribution >= 0.6 is 11.6 Å². The largest absolute Gasteiger partial charge is 0.450 e. The number of benzene rings is 2. The van der Waals surface area contributed by atoms with Crippen LogP contribution in [0.15, 0.2) is 42.5 Å². The SMILES string of the molecule is CC[C@@H](N)c1ccc(Oc2cc(Cl)ccc2[N+](=O)[O-])cc1. The van der Waals surface area contributed by atoms with E-state index in [4.69, 9.17) is 22.1 Å². The number of nitrogens with two attached hydrogens (primary N) is 1. The highest BCUT2D eigenvalue weighted by atomic mass is 35.5. The third kappa shape index (κ3) is 3.71. The van der Waals surface area contributed by atoms with Crippen LogP contribution in [0.2, 0.25) is 5.02 Å². The molecular weight excluding hydrogens is 292 g/mol. The molecular formula is C15H15ClN2O3. The molecule has 110 valence electrons. The zero-order chi connectivity index (χ0) is 15.4. The molecule has 2 aromatic carbocycles. The van der Waals surface area contributed by atoms with Crippen LogP contribution in [-0.2, 0) is 0 Å². The molecule has 2 rings (SSSR count). The van der Waals surface area contributed by atoms with Crippen LogP contribution in [0.25, 0.3) is 0 Å². The van der Waals surface area contributed by atoms with Crippen molar-refractivity contribution in [2.75, 3.05) is 0 Å². The number of nitro groups is 1. The molecule has 0 fully saturated rings. The number of ether oxygens (including phenoxy) is 1. The Bertz CT molecular complexity index is 644. The lowest BCUT2D eigenvalue weighted by atomic mass is 10.1. The second-order valence-corrected chi connectivity index (χ2v) is 4.99. The number of rotatable bonds is 5. The van der Waals surface area contributed by atoms with E-state index in [-0.39, 0.29) is 17.5 Å². The molecule has 21 heavy (non-hydrogen) atoms. The van der Waals surface area contributed by atoms with Gasteiger partial charge in [-0.2, -0.15) is 0 Å². The van der Waals surface area contributed by atoms with Crippen molar-refractivity contribution in [2.45, 2.75) is 19.4 Å². The normalized spacial score (nSPS) is 12.0. The van der Waals surface area contributed by atoms with E-state index < -0.39 is 4.92 Å². The summed E-state index contributed by atoms with van der Waals surface area (Å²) in [6.45, 7) is 2.00. The summed E-state index contributed by atoms with van der Waals surface area (Å²) in [6.07, 6.45) is 0.833. The summed E-state index contributed by atoms with van der Waals surface area (Å²) in [5.41, 5.74) is 6.79. The first kappa shape index (κ1) is 15.3. The van der Waals surface area contributed by atoms with Crippen molar-refractivity contribution in [3.05, 3.63) is 63.2 Å². The summed E-state index contributed by atoms with van der Waals surface area (Å²) in [7, 11) is 0. The van der Waals surface area contributed by atoms with Crippen molar-refractivity contribution in [2.24, 2.45) is 5.73 Å². The Hall–Kier alpha value is -2.11. The summed E-state index contributed by atoms with van der Waals surface area (Å²) in [5.74, 6) is 0.604. The first-order valence-electron chi connectivity index (χ1n) is 6.48. The van der Waals surface area contributed by atoms with Crippen molar-refractivity contribution in [3.63, 3.8) is 0 Å². The van der Waals surface area contributed by atoms with Crippen molar-refractivity contribution < 1.29 is 9.66 Å². The van der Waals surface area contributed by atoms with Gasteiger partial charge in [-0.3, -0.25) is 10.1 Å². The summed E-state index contributed by atoms with van der Waals surface area (Å²) < 4.78 is 5.55. The van der Waals surface area contributed by atoms with Crippen molar-refractivity contribution in [1.29, 1.82) is 0 Å². The zero-order valence-electron chi connectivity index (χ0n) is 11.5. The van der Waals surface area contributed by atoms with Gasteiger partial charge in [0.05, 0.1) is 4.92 Å². The molecule has 0 aliphatic heterocycles. The molecule has 0 aliphatic rings. The standard InChI is InChI=1S/C15H15ClN2O3/c1-2-13(17)10-3-6-12(7-4-10)21-15-9-11(16)5-8-14(15)18(19)20/h3-9,13H,2,17H2,1H3/t13-/m1/s1. The third-order valence-electron chi connectivity index (χ3n) is 3.09. The maximum absolute atomic E-state index is 11.0. The van der Waals surface area contributed by atoms with E-state index >= 15 is 0 Å². The Kier molecular flexibility index (Phi) is 4.77. The Morgan fingerprint density at radius 2 is 1.95 bits per heavy atom. The minimum absolute atomic E-state index is 0.0282. The molecule has 0 heterocycles. The summed E-state index contributed by atoms with van der Waals surface area (Å²) in [4.78, 5) is 10.5. The van der Waals surface area contributed by atoms with E-state index in [9.17, 15) is 10.1 Å². The van der Waals surface area contributed by atoms with Crippen LogP contribution in [-0.4, -0.2) is 4.92 Å². The van der Waals surface area contributed by atoms with Gasteiger partial charge in [0, 0.05) is 23.2 Å². The van der Waals surface area contributed by atoms with Crippen LogP contribution in [0.3, 0.4) is 0 Å². The van der Waals surface area contributed by atoms with Crippen molar-refractivity contribution in [3.8, 4) is 11.5 Å². The number of hydrogen-bond donors (Lipinski definition) is 1. The fourth-order valence-electron chi connectivity index (χ4n) is 1.87. The smallest absolute Gasteiger partial charge is 0.311 e. The van der Waals surface area contributed by atoms with E-state index in [2.05, 4.69) is 0 Å². The highest BCUT2D eigenvalue weighted by molar-refractivity contribution is 6.30. The molecule has 6 heteroatoms. The molecule has 1 atom stereocenters. The number of nitrogens with zero attached hydrogens (tertiary/aromatic N) is 1. The molecule has 2 N–H and O–H groups in total. The summed E-state index contributed by atoms with van der Waals surface area (Å²) >= 11 is 5.85. The lowest BCUT2D eigenvalue weighted by Crippen LogP contribution is -2.08. The molecule has 0 unspecified atom stereocenters. The van der Waals surface area contributed by atoms with Gasteiger partial charge in [-0.1, -0.05) is 30.7 Å². The first-order valence-corrected chi connectivity index (χ1v) is 6.86. The van der Waals surface area contributed by atoms with E-state index in [1.807, 2.05) is 19.1 Å². The molecule has 0 amide bonds. The fraction of sp³-hybridized carbons (Fsp3) is 0.200. The molecule has 5 nitrogen and oxygen atoms in total. The first-order chi connectivity index (χ1) is 10.0. The average molecular weight is 307 g/mol.